The highest BCUT2D eigenvalue weighted by atomic mass is 19.1. The van der Waals surface area contributed by atoms with Crippen LogP contribution >= 0.6 is 0 Å². The normalized spacial score (nSPS) is 23.7. The van der Waals surface area contributed by atoms with Crippen molar-refractivity contribution in [2.24, 2.45) is 5.92 Å². The molecule has 6 nitrogen and oxygen atoms in total. The largest absolute Gasteiger partial charge is 0.493 e. The Morgan fingerprint density at radius 3 is 2.71 bits per heavy atom. The Morgan fingerprint density at radius 2 is 1.97 bits per heavy atom. The summed E-state index contributed by atoms with van der Waals surface area (Å²) >= 11 is 0. The van der Waals surface area contributed by atoms with Crippen LogP contribution in [0.4, 0.5) is 8.78 Å². The molecule has 0 unspecified atom stereocenters. The molecule has 0 spiro atoms. The summed E-state index contributed by atoms with van der Waals surface area (Å²) in [5.41, 5.74) is 1.50. The van der Waals surface area contributed by atoms with Crippen molar-refractivity contribution in [3.8, 4) is 17.2 Å². The van der Waals surface area contributed by atoms with Crippen LogP contribution in [0.2, 0.25) is 0 Å². The molecule has 2 aromatic carbocycles. The highest BCUT2D eigenvalue weighted by molar-refractivity contribution is 5.96. The Kier molecular flexibility index (Phi) is 7.36. The molecule has 2 aromatic rings. The third-order valence-electron chi connectivity index (χ3n) is 7.67. The maximum Gasteiger partial charge on any atom is 0.254 e. The molecule has 3 aliphatic rings. The van der Waals surface area contributed by atoms with Crippen molar-refractivity contribution in [1.29, 1.82) is 0 Å². The Labute approximate surface area is 222 Å². The van der Waals surface area contributed by atoms with Gasteiger partial charge in [0.25, 0.3) is 5.91 Å². The second kappa shape index (κ2) is 10.6. The molecule has 1 aliphatic carbocycles. The van der Waals surface area contributed by atoms with E-state index in [1.807, 2.05) is 6.92 Å². The summed E-state index contributed by atoms with van der Waals surface area (Å²) in [6.45, 7) is 6.27. The first-order valence-electron chi connectivity index (χ1n) is 13.4. The van der Waals surface area contributed by atoms with Crippen LogP contribution in [-0.2, 0) is 0 Å². The molecule has 1 N–H and O–H groups in total. The zero-order chi connectivity index (χ0) is 27.0. The Morgan fingerprint density at radius 1 is 1.18 bits per heavy atom. The lowest BCUT2D eigenvalue weighted by Crippen LogP contribution is -2.43. The number of benzene rings is 2. The summed E-state index contributed by atoms with van der Waals surface area (Å²) in [4.78, 5) is 15.8. The number of halogens is 2. The number of methoxy groups -OCH3 is 1. The third kappa shape index (κ3) is 5.65. The number of ether oxygens (including phenoxy) is 3. The van der Waals surface area contributed by atoms with Crippen LogP contribution in [0.15, 0.2) is 35.9 Å². The SMILES string of the molecule is COc1cc(C(=O)N(CC(C)=Cc2ccc(F)cc2F)C[C@H]2C[C@@H]3CCCC[C@@H]3N2)cc2c1OC(C)(C)O2. The van der Waals surface area contributed by atoms with E-state index in [0.29, 0.717) is 47.9 Å². The molecule has 5 rings (SSSR count). The average molecular weight is 527 g/mol. The minimum absolute atomic E-state index is 0.177. The van der Waals surface area contributed by atoms with Gasteiger partial charge in [0.2, 0.25) is 11.5 Å². The number of hydrogen-bond donors (Lipinski definition) is 1. The zero-order valence-corrected chi connectivity index (χ0v) is 22.5. The Balaban J connectivity index is 1.42. The topological polar surface area (TPSA) is 60.0 Å². The molecule has 1 saturated carbocycles. The highest BCUT2D eigenvalue weighted by Crippen LogP contribution is 2.47. The summed E-state index contributed by atoms with van der Waals surface area (Å²) in [6, 6.07) is 7.57. The van der Waals surface area contributed by atoms with Gasteiger partial charge in [0.15, 0.2) is 11.5 Å². The Bertz CT molecular complexity index is 1230. The van der Waals surface area contributed by atoms with Crippen LogP contribution < -0.4 is 19.5 Å². The van der Waals surface area contributed by atoms with Crippen LogP contribution in [0.5, 0.6) is 17.2 Å². The molecular weight excluding hydrogens is 490 g/mol. The molecule has 38 heavy (non-hydrogen) atoms. The van der Waals surface area contributed by atoms with Gasteiger partial charge in [-0.05, 0) is 56.4 Å². The highest BCUT2D eigenvalue weighted by Gasteiger charge is 2.38. The molecule has 3 atom stereocenters. The van der Waals surface area contributed by atoms with E-state index in [1.165, 1.54) is 44.9 Å². The van der Waals surface area contributed by atoms with Gasteiger partial charge in [0.05, 0.1) is 7.11 Å². The van der Waals surface area contributed by atoms with Crippen molar-refractivity contribution >= 4 is 12.0 Å². The van der Waals surface area contributed by atoms with Gasteiger partial charge in [-0.2, -0.15) is 0 Å². The van der Waals surface area contributed by atoms with Gasteiger partial charge in [-0.15, -0.1) is 0 Å². The van der Waals surface area contributed by atoms with Gasteiger partial charge in [0.1, 0.15) is 11.6 Å². The lowest BCUT2D eigenvalue weighted by atomic mass is 9.85. The number of fused-ring (bicyclic) bond motifs is 2. The predicted octanol–water partition coefficient (Wildman–Crippen LogP) is 5.95. The van der Waals surface area contributed by atoms with E-state index in [-0.39, 0.29) is 17.5 Å². The fraction of sp³-hybridized carbons (Fsp3) is 0.500. The summed E-state index contributed by atoms with van der Waals surface area (Å²) in [6.07, 6.45) is 7.59. The zero-order valence-electron chi connectivity index (χ0n) is 22.5. The molecular formula is C30H36F2N2O4. The van der Waals surface area contributed by atoms with Crippen molar-refractivity contribution in [3.05, 3.63) is 58.7 Å². The van der Waals surface area contributed by atoms with Crippen molar-refractivity contribution in [2.45, 2.75) is 70.7 Å². The number of hydrogen-bond acceptors (Lipinski definition) is 5. The quantitative estimate of drug-likeness (QED) is 0.483. The van der Waals surface area contributed by atoms with Crippen molar-refractivity contribution < 1.29 is 27.8 Å². The van der Waals surface area contributed by atoms with Gasteiger partial charge >= 0.3 is 0 Å². The van der Waals surface area contributed by atoms with Gasteiger partial charge in [-0.3, -0.25) is 4.79 Å². The second-order valence-corrected chi connectivity index (χ2v) is 11.2. The number of nitrogens with one attached hydrogen (secondary N) is 1. The standard InChI is InChI=1S/C30H36F2N2O4/c1-18(11-19-9-10-22(31)15-24(19)32)16-34(17-23-12-20-7-5-6-8-25(20)33-23)29(35)21-13-26(36-4)28-27(14-21)37-30(2,3)38-28/h9-11,13-15,20,23,25,33H,5-8,12,16-17H2,1-4H3/t20-,23+,25-/m0/s1. The molecule has 0 aromatic heterocycles. The minimum atomic E-state index is -0.862. The number of carbonyl (C=O) groups excluding carboxylic acids is 1. The summed E-state index contributed by atoms with van der Waals surface area (Å²) in [7, 11) is 1.53. The first kappa shape index (κ1) is 26.5. The van der Waals surface area contributed by atoms with E-state index in [2.05, 4.69) is 5.32 Å². The number of carbonyl (C=O) groups is 1. The van der Waals surface area contributed by atoms with E-state index in [4.69, 9.17) is 14.2 Å². The molecule has 8 heteroatoms. The summed E-state index contributed by atoms with van der Waals surface area (Å²) in [5, 5.41) is 3.76. The summed E-state index contributed by atoms with van der Waals surface area (Å²) < 4.78 is 45.0. The van der Waals surface area contributed by atoms with Gasteiger partial charge in [0, 0.05) is 56.2 Å². The number of rotatable bonds is 7. The number of nitrogens with zero attached hydrogens (tertiary/aromatic N) is 1. The molecule has 0 bridgehead atoms. The summed E-state index contributed by atoms with van der Waals surface area (Å²) in [5.74, 6) is -0.281. The first-order chi connectivity index (χ1) is 18.1. The van der Waals surface area contributed by atoms with Gasteiger partial charge in [-0.25, -0.2) is 8.78 Å². The van der Waals surface area contributed by atoms with Crippen LogP contribution in [0.25, 0.3) is 6.08 Å². The average Bonchev–Trinajstić information content (AvgIpc) is 3.42. The van der Waals surface area contributed by atoms with Crippen molar-refractivity contribution in [1.82, 2.24) is 10.2 Å². The smallest absolute Gasteiger partial charge is 0.254 e. The Hall–Kier alpha value is -3.13. The molecule has 2 heterocycles. The van der Waals surface area contributed by atoms with E-state index in [9.17, 15) is 13.6 Å². The second-order valence-electron chi connectivity index (χ2n) is 11.2. The first-order valence-corrected chi connectivity index (χ1v) is 13.4. The van der Waals surface area contributed by atoms with E-state index in [0.717, 1.165) is 18.1 Å². The molecule has 1 saturated heterocycles. The van der Waals surface area contributed by atoms with Crippen LogP contribution in [0.1, 0.15) is 68.8 Å². The monoisotopic (exact) mass is 526 g/mol. The maximum absolute atomic E-state index is 14.3. The molecule has 1 amide bonds. The van der Waals surface area contributed by atoms with Gasteiger partial charge in [-0.1, -0.05) is 24.5 Å². The fourth-order valence-electron chi connectivity index (χ4n) is 6.03. The van der Waals surface area contributed by atoms with E-state index >= 15 is 0 Å². The lowest BCUT2D eigenvalue weighted by Gasteiger charge is -2.27. The van der Waals surface area contributed by atoms with Crippen LogP contribution in [0, 0.1) is 17.6 Å². The van der Waals surface area contributed by atoms with Gasteiger partial charge < -0.3 is 24.4 Å². The molecule has 0 radical (unpaired) electrons. The van der Waals surface area contributed by atoms with E-state index in [1.54, 1.807) is 37.0 Å². The third-order valence-corrected chi connectivity index (χ3v) is 7.67. The van der Waals surface area contributed by atoms with Crippen LogP contribution in [-0.4, -0.2) is 48.9 Å². The lowest BCUT2D eigenvalue weighted by molar-refractivity contribution is -0.0439. The minimum Gasteiger partial charge on any atom is -0.493 e. The predicted molar refractivity (Wildman–Crippen MR) is 142 cm³/mol. The van der Waals surface area contributed by atoms with Crippen LogP contribution in [0.3, 0.4) is 0 Å². The molecule has 2 fully saturated rings. The van der Waals surface area contributed by atoms with E-state index < -0.39 is 17.4 Å². The maximum atomic E-state index is 14.3. The number of amides is 1. The van der Waals surface area contributed by atoms with Crippen molar-refractivity contribution in [3.63, 3.8) is 0 Å². The molecule has 2 aliphatic heterocycles. The molecule has 204 valence electrons. The fourth-order valence-corrected chi connectivity index (χ4v) is 6.03. The van der Waals surface area contributed by atoms with Crippen molar-refractivity contribution in [2.75, 3.05) is 20.2 Å².